The number of aryl methyl sites for hydroxylation is 1. The second-order valence-electron chi connectivity index (χ2n) is 11.5. The standard InChI is InChI=1S/C31H35N9O2/c1-31(2)7-6-26(28-32-15-27-29(38-28)36-19-35-27)21(11-31)18-40(16-20-8-24(41-4)10-25(9-20)42-5)30-33-12-22(13-34-30)23-14-37-39(3)17-23/h8-10,12-15,17,19H,6-7,11,16,18H2,1-5H3,(H,32,35,36,38). The first-order valence-corrected chi connectivity index (χ1v) is 14.0. The number of benzene rings is 1. The van der Waals surface area contributed by atoms with Crippen LogP contribution in [0.3, 0.4) is 0 Å². The minimum absolute atomic E-state index is 0.144. The highest BCUT2D eigenvalue weighted by Gasteiger charge is 2.30. The van der Waals surface area contributed by atoms with E-state index in [1.807, 2.05) is 56.2 Å². The molecular weight excluding hydrogens is 530 g/mol. The highest BCUT2D eigenvalue weighted by atomic mass is 16.5. The van der Waals surface area contributed by atoms with E-state index < -0.39 is 0 Å². The number of aromatic nitrogens is 8. The number of methoxy groups -OCH3 is 2. The number of ether oxygens (including phenoxy) is 2. The zero-order valence-electron chi connectivity index (χ0n) is 24.6. The topological polar surface area (TPSA) is 120 Å². The molecule has 11 nitrogen and oxygen atoms in total. The molecule has 0 amide bonds. The fourth-order valence-corrected chi connectivity index (χ4v) is 5.53. The first kappa shape index (κ1) is 27.4. The lowest BCUT2D eigenvalue weighted by atomic mass is 9.74. The van der Waals surface area contributed by atoms with Crippen LogP contribution in [-0.2, 0) is 13.6 Å². The molecule has 1 N–H and O–H groups in total. The predicted molar refractivity (Wildman–Crippen MR) is 161 cm³/mol. The maximum atomic E-state index is 5.56. The Hall–Kier alpha value is -4.80. The van der Waals surface area contributed by atoms with Gasteiger partial charge in [0.1, 0.15) is 17.0 Å². The lowest BCUT2D eigenvalue weighted by Gasteiger charge is -2.35. The summed E-state index contributed by atoms with van der Waals surface area (Å²) in [5.74, 6) is 2.83. The number of H-pyrrole nitrogens is 1. The second kappa shape index (κ2) is 11.2. The molecule has 11 heteroatoms. The summed E-state index contributed by atoms with van der Waals surface area (Å²) in [5.41, 5.74) is 6.99. The molecular formula is C31H35N9O2. The van der Waals surface area contributed by atoms with Gasteiger partial charge in [0.2, 0.25) is 5.95 Å². The molecule has 4 heterocycles. The minimum atomic E-state index is 0.144. The van der Waals surface area contributed by atoms with Crippen LogP contribution >= 0.6 is 0 Å². The van der Waals surface area contributed by atoms with Crippen molar-refractivity contribution in [2.45, 2.75) is 39.7 Å². The van der Waals surface area contributed by atoms with Gasteiger partial charge < -0.3 is 19.4 Å². The molecule has 0 radical (unpaired) electrons. The van der Waals surface area contributed by atoms with Gasteiger partial charge in [0.05, 0.1) is 32.9 Å². The van der Waals surface area contributed by atoms with Crippen LogP contribution < -0.4 is 14.4 Å². The van der Waals surface area contributed by atoms with Crippen molar-refractivity contribution in [2.75, 3.05) is 25.7 Å². The molecule has 0 fully saturated rings. The molecule has 216 valence electrons. The SMILES string of the molecule is COc1cc(CN(CC2=C(c3ncc4[nH]cnc4n3)CCC(C)(C)C2)c2ncc(-c3cnn(C)c3)cn2)cc(OC)c1. The Balaban J connectivity index is 1.41. The number of nitrogens with zero attached hydrogens (tertiary/aromatic N) is 8. The molecule has 0 atom stereocenters. The van der Waals surface area contributed by atoms with Crippen LogP contribution in [0.15, 0.2) is 61.1 Å². The summed E-state index contributed by atoms with van der Waals surface area (Å²) in [4.78, 5) is 28.8. The number of fused-ring (bicyclic) bond motifs is 1. The molecule has 6 rings (SSSR count). The molecule has 0 spiro atoms. The van der Waals surface area contributed by atoms with E-state index in [1.54, 1.807) is 25.2 Å². The molecule has 1 aromatic carbocycles. The van der Waals surface area contributed by atoms with E-state index in [0.717, 1.165) is 58.8 Å². The van der Waals surface area contributed by atoms with Gasteiger partial charge in [0.25, 0.3) is 0 Å². The summed E-state index contributed by atoms with van der Waals surface area (Å²) in [7, 11) is 5.22. The van der Waals surface area contributed by atoms with E-state index in [2.05, 4.69) is 33.8 Å². The maximum absolute atomic E-state index is 5.56. The van der Waals surface area contributed by atoms with E-state index in [-0.39, 0.29) is 5.41 Å². The summed E-state index contributed by atoms with van der Waals surface area (Å²) in [6.07, 6.45) is 13.8. The van der Waals surface area contributed by atoms with Gasteiger partial charge in [-0.1, -0.05) is 13.8 Å². The molecule has 42 heavy (non-hydrogen) atoms. The van der Waals surface area contributed by atoms with Crippen molar-refractivity contribution in [1.29, 1.82) is 0 Å². The number of hydrogen-bond acceptors (Lipinski definition) is 9. The monoisotopic (exact) mass is 565 g/mol. The highest BCUT2D eigenvalue weighted by Crippen LogP contribution is 2.42. The molecule has 5 aromatic rings. The van der Waals surface area contributed by atoms with E-state index in [0.29, 0.717) is 24.7 Å². The second-order valence-corrected chi connectivity index (χ2v) is 11.5. The quantitative estimate of drug-likeness (QED) is 0.256. The van der Waals surface area contributed by atoms with Crippen molar-refractivity contribution >= 4 is 22.7 Å². The van der Waals surface area contributed by atoms with Crippen molar-refractivity contribution < 1.29 is 9.47 Å². The number of allylic oxidation sites excluding steroid dienone is 1. The van der Waals surface area contributed by atoms with Gasteiger partial charge in [-0.05, 0) is 53.5 Å². The first-order chi connectivity index (χ1) is 20.3. The van der Waals surface area contributed by atoms with E-state index in [9.17, 15) is 0 Å². The van der Waals surface area contributed by atoms with Crippen molar-refractivity contribution in [2.24, 2.45) is 12.5 Å². The average Bonchev–Trinajstić information content (AvgIpc) is 3.65. The first-order valence-electron chi connectivity index (χ1n) is 14.0. The summed E-state index contributed by atoms with van der Waals surface area (Å²) in [6, 6.07) is 5.92. The molecule has 0 saturated carbocycles. The zero-order valence-corrected chi connectivity index (χ0v) is 24.6. The largest absolute Gasteiger partial charge is 0.497 e. The van der Waals surface area contributed by atoms with Crippen LogP contribution in [0.5, 0.6) is 11.5 Å². The third-order valence-electron chi connectivity index (χ3n) is 7.74. The van der Waals surface area contributed by atoms with Crippen LogP contribution in [0.1, 0.15) is 44.5 Å². The third kappa shape index (κ3) is 5.81. The Labute approximate surface area is 244 Å². The average molecular weight is 566 g/mol. The van der Waals surface area contributed by atoms with Crippen LogP contribution in [0.2, 0.25) is 0 Å². The van der Waals surface area contributed by atoms with Gasteiger partial charge in [-0.3, -0.25) is 4.68 Å². The number of aromatic amines is 1. The van der Waals surface area contributed by atoms with E-state index in [4.69, 9.17) is 29.4 Å². The molecule has 0 aliphatic heterocycles. The van der Waals surface area contributed by atoms with Crippen molar-refractivity contribution in [3.63, 3.8) is 0 Å². The van der Waals surface area contributed by atoms with Gasteiger partial charge >= 0.3 is 0 Å². The van der Waals surface area contributed by atoms with Crippen molar-refractivity contribution in [3.8, 4) is 22.6 Å². The van der Waals surface area contributed by atoms with E-state index in [1.165, 1.54) is 11.1 Å². The van der Waals surface area contributed by atoms with Crippen LogP contribution in [0.4, 0.5) is 5.95 Å². The maximum Gasteiger partial charge on any atom is 0.225 e. The Kier molecular flexibility index (Phi) is 7.32. The predicted octanol–water partition coefficient (Wildman–Crippen LogP) is 5.23. The number of hydrogen-bond donors (Lipinski definition) is 1. The van der Waals surface area contributed by atoms with E-state index >= 15 is 0 Å². The Morgan fingerprint density at radius 1 is 0.929 bits per heavy atom. The van der Waals surface area contributed by atoms with Crippen molar-refractivity contribution in [3.05, 3.63) is 72.5 Å². The van der Waals surface area contributed by atoms with Crippen LogP contribution in [0.25, 0.3) is 27.9 Å². The molecule has 0 bridgehead atoms. The Bertz CT molecular complexity index is 1710. The lowest BCUT2D eigenvalue weighted by Crippen LogP contribution is -2.31. The molecule has 0 unspecified atom stereocenters. The zero-order chi connectivity index (χ0) is 29.3. The number of anilines is 1. The minimum Gasteiger partial charge on any atom is -0.497 e. The Morgan fingerprint density at radius 3 is 2.38 bits per heavy atom. The smallest absolute Gasteiger partial charge is 0.225 e. The van der Waals surface area contributed by atoms with Gasteiger partial charge in [0.15, 0.2) is 11.5 Å². The molecule has 4 aromatic heterocycles. The van der Waals surface area contributed by atoms with Crippen LogP contribution in [0, 0.1) is 5.41 Å². The van der Waals surface area contributed by atoms with Gasteiger partial charge in [0, 0.05) is 55.9 Å². The summed E-state index contributed by atoms with van der Waals surface area (Å²) in [5, 5.41) is 4.29. The fraction of sp³-hybridized carbons (Fsp3) is 0.355. The normalized spacial score (nSPS) is 14.8. The highest BCUT2D eigenvalue weighted by molar-refractivity contribution is 5.73. The molecule has 1 aliphatic rings. The number of imidazole rings is 1. The fourth-order valence-electron chi connectivity index (χ4n) is 5.53. The Morgan fingerprint density at radius 2 is 1.69 bits per heavy atom. The van der Waals surface area contributed by atoms with Gasteiger partial charge in [-0.15, -0.1) is 0 Å². The lowest BCUT2D eigenvalue weighted by molar-refractivity contribution is 0.322. The van der Waals surface area contributed by atoms with Gasteiger partial charge in [-0.2, -0.15) is 5.10 Å². The summed E-state index contributed by atoms with van der Waals surface area (Å²) >= 11 is 0. The summed E-state index contributed by atoms with van der Waals surface area (Å²) in [6.45, 7) is 5.80. The van der Waals surface area contributed by atoms with Crippen molar-refractivity contribution in [1.82, 2.24) is 39.7 Å². The number of nitrogens with one attached hydrogen (secondary N) is 1. The molecule has 1 aliphatic carbocycles. The van der Waals surface area contributed by atoms with Gasteiger partial charge in [-0.25, -0.2) is 24.9 Å². The third-order valence-corrected chi connectivity index (χ3v) is 7.74. The molecule has 0 saturated heterocycles. The van der Waals surface area contributed by atoms with Crippen LogP contribution in [-0.4, -0.2) is 60.4 Å². The summed E-state index contributed by atoms with van der Waals surface area (Å²) < 4.78 is 12.9. The number of rotatable bonds is 9.